The lowest BCUT2D eigenvalue weighted by Crippen LogP contribution is -2.47. The van der Waals surface area contributed by atoms with Gasteiger partial charge in [0, 0.05) is 19.6 Å². The summed E-state index contributed by atoms with van der Waals surface area (Å²) in [6.45, 7) is 5.21. The van der Waals surface area contributed by atoms with Crippen LogP contribution in [0.1, 0.15) is 6.92 Å². The first-order chi connectivity index (χ1) is 14.2. The zero-order valence-corrected chi connectivity index (χ0v) is 16.2. The zero-order valence-electron chi connectivity index (χ0n) is 16.2. The standard InChI is InChI=1S/C20H23N7O2/c1-2-21-20(28)24-17-9-8-16-19(23-17)25-18(14-22-16)27(15-6-4-3-5-7-15)26-10-12-29-13-11-26/h3-9,14H,2,10-13H2,1H3,(H2,21,23,24,25,28). The number of pyridine rings is 1. The number of amides is 2. The van der Waals surface area contributed by atoms with E-state index in [1.54, 1.807) is 18.3 Å². The maximum Gasteiger partial charge on any atom is 0.320 e. The first kappa shape index (κ1) is 19.0. The molecule has 2 aromatic heterocycles. The summed E-state index contributed by atoms with van der Waals surface area (Å²) in [5.41, 5.74) is 2.11. The van der Waals surface area contributed by atoms with Gasteiger partial charge in [-0.05, 0) is 31.2 Å². The Kier molecular flexibility index (Phi) is 5.78. The van der Waals surface area contributed by atoms with Crippen LogP contribution in [-0.2, 0) is 4.74 Å². The fourth-order valence-electron chi connectivity index (χ4n) is 3.14. The van der Waals surface area contributed by atoms with Gasteiger partial charge in [0.2, 0.25) is 0 Å². The second-order valence-corrected chi connectivity index (χ2v) is 6.47. The van der Waals surface area contributed by atoms with Gasteiger partial charge in [0.25, 0.3) is 0 Å². The lowest BCUT2D eigenvalue weighted by atomic mass is 10.3. The number of para-hydroxylation sites is 1. The van der Waals surface area contributed by atoms with E-state index in [0.29, 0.717) is 42.6 Å². The predicted octanol–water partition coefficient (Wildman–Crippen LogP) is 2.55. The molecule has 9 heteroatoms. The largest absolute Gasteiger partial charge is 0.379 e. The van der Waals surface area contributed by atoms with Gasteiger partial charge in [0.15, 0.2) is 11.5 Å². The Morgan fingerprint density at radius 2 is 1.93 bits per heavy atom. The van der Waals surface area contributed by atoms with Gasteiger partial charge in [0.1, 0.15) is 11.3 Å². The van der Waals surface area contributed by atoms with Gasteiger partial charge in [0.05, 0.1) is 25.1 Å². The fourth-order valence-corrected chi connectivity index (χ4v) is 3.14. The smallest absolute Gasteiger partial charge is 0.320 e. The number of nitrogens with zero attached hydrogens (tertiary/aromatic N) is 5. The van der Waals surface area contributed by atoms with Crippen molar-refractivity contribution in [3.8, 4) is 0 Å². The number of carbonyl (C=O) groups excluding carboxylic acids is 1. The van der Waals surface area contributed by atoms with Crippen LogP contribution in [0.25, 0.3) is 11.2 Å². The number of fused-ring (bicyclic) bond motifs is 1. The van der Waals surface area contributed by atoms with Crippen LogP contribution in [0.5, 0.6) is 0 Å². The van der Waals surface area contributed by atoms with Crippen LogP contribution in [-0.4, -0.2) is 58.8 Å². The van der Waals surface area contributed by atoms with Crippen molar-refractivity contribution in [2.24, 2.45) is 0 Å². The van der Waals surface area contributed by atoms with E-state index >= 15 is 0 Å². The average molecular weight is 393 g/mol. The van der Waals surface area contributed by atoms with Crippen molar-refractivity contribution in [2.75, 3.05) is 43.2 Å². The Bertz CT molecular complexity index is 977. The van der Waals surface area contributed by atoms with Crippen LogP contribution in [0.4, 0.5) is 22.1 Å². The number of carbonyl (C=O) groups is 1. The van der Waals surface area contributed by atoms with Gasteiger partial charge >= 0.3 is 6.03 Å². The number of hydrazine groups is 1. The number of hydrogen-bond donors (Lipinski definition) is 2. The summed E-state index contributed by atoms with van der Waals surface area (Å²) in [5, 5.41) is 9.62. The molecule has 3 heterocycles. The predicted molar refractivity (Wildman–Crippen MR) is 111 cm³/mol. The molecule has 150 valence electrons. The van der Waals surface area contributed by atoms with Crippen molar-refractivity contribution in [3.05, 3.63) is 48.7 Å². The Morgan fingerprint density at radius 1 is 1.14 bits per heavy atom. The number of hydrogen-bond acceptors (Lipinski definition) is 7. The van der Waals surface area contributed by atoms with Gasteiger partial charge < -0.3 is 10.1 Å². The Morgan fingerprint density at radius 3 is 2.69 bits per heavy atom. The molecule has 2 N–H and O–H groups in total. The molecule has 3 aromatic rings. The summed E-state index contributed by atoms with van der Waals surface area (Å²) < 4.78 is 5.50. The van der Waals surface area contributed by atoms with E-state index < -0.39 is 0 Å². The highest BCUT2D eigenvalue weighted by Crippen LogP contribution is 2.27. The third-order valence-corrected chi connectivity index (χ3v) is 4.46. The number of rotatable bonds is 5. The number of anilines is 3. The number of morpholine rings is 1. The molecule has 9 nitrogen and oxygen atoms in total. The van der Waals surface area contributed by atoms with E-state index in [1.807, 2.05) is 42.3 Å². The van der Waals surface area contributed by atoms with E-state index in [0.717, 1.165) is 18.8 Å². The van der Waals surface area contributed by atoms with Crippen LogP contribution in [0.3, 0.4) is 0 Å². The molecule has 1 fully saturated rings. The number of benzene rings is 1. The molecule has 0 aliphatic carbocycles. The van der Waals surface area contributed by atoms with Gasteiger partial charge in [-0.15, -0.1) is 0 Å². The lowest BCUT2D eigenvalue weighted by molar-refractivity contribution is 0.0375. The maximum absolute atomic E-state index is 11.8. The third-order valence-electron chi connectivity index (χ3n) is 4.46. The topological polar surface area (TPSA) is 95.5 Å². The van der Waals surface area contributed by atoms with E-state index in [4.69, 9.17) is 9.72 Å². The quantitative estimate of drug-likeness (QED) is 0.688. The molecule has 0 spiro atoms. The number of aromatic nitrogens is 3. The second kappa shape index (κ2) is 8.80. The van der Waals surface area contributed by atoms with Gasteiger partial charge in [-0.25, -0.2) is 24.8 Å². The maximum atomic E-state index is 11.8. The van der Waals surface area contributed by atoms with Crippen LogP contribution >= 0.6 is 0 Å². The monoisotopic (exact) mass is 393 g/mol. The van der Waals surface area contributed by atoms with E-state index in [9.17, 15) is 4.79 Å². The Hall–Kier alpha value is -3.30. The summed E-state index contributed by atoms with van der Waals surface area (Å²) in [6.07, 6.45) is 1.74. The molecule has 0 saturated carbocycles. The molecule has 1 saturated heterocycles. The first-order valence-electron chi connectivity index (χ1n) is 9.61. The van der Waals surface area contributed by atoms with E-state index in [2.05, 4.69) is 25.6 Å². The van der Waals surface area contributed by atoms with E-state index in [-0.39, 0.29) is 6.03 Å². The molecule has 1 aliphatic heterocycles. The van der Waals surface area contributed by atoms with Crippen molar-refractivity contribution in [1.29, 1.82) is 0 Å². The number of ether oxygens (including phenoxy) is 1. The molecule has 0 bridgehead atoms. The third kappa shape index (κ3) is 4.41. The van der Waals surface area contributed by atoms with Crippen LogP contribution in [0, 0.1) is 0 Å². The molecule has 0 radical (unpaired) electrons. The van der Waals surface area contributed by atoms with Crippen LogP contribution in [0.2, 0.25) is 0 Å². The normalized spacial score (nSPS) is 14.5. The minimum atomic E-state index is -0.303. The molecule has 1 aromatic carbocycles. The minimum absolute atomic E-state index is 0.303. The van der Waals surface area contributed by atoms with Crippen molar-refractivity contribution in [3.63, 3.8) is 0 Å². The summed E-state index contributed by atoms with van der Waals surface area (Å²) in [6, 6.07) is 13.2. The minimum Gasteiger partial charge on any atom is -0.379 e. The van der Waals surface area contributed by atoms with Crippen molar-refractivity contribution in [1.82, 2.24) is 25.3 Å². The SMILES string of the molecule is CCNC(=O)Nc1ccc2ncc(N(c3ccccc3)N3CCOCC3)nc2n1. The highest BCUT2D eigenvalue weighted by Gasteiger charge is 2.22. The van der Waals surface area contributed by atoms with E-state index in [1.165, 1.54) is 0 Å². The Balaban J connectivity index is 1.70. The molecule has 0 unspecified atom stereocenters. The fraction of sp³-hybridized carbons (Fsp3) is 0.300. The Labute approximate surface area is 168 Å². The molecule has 0 atom stereocenters. The summed E-state index contributed by atoms with van der Waals surface area (Å²) in [7, 11) is 0. The molecular weight excluding hydrogens is 370 g/mol. The van der Waals surface area contributed by atoms with Gasteiger partial charge in [-0.2, -0.15) is 0 Å². The van der Waals surface area contributed by atoms with Crippen molar-refractivity contribution >= 4 is 34.5 Å². The van der Waals surface area contributed by atoms with Gasteiger partial charge in [-0.1, -0.05) is 18.2 Å². The number of urea groups is 1. The molecule has 29 heavy (non-hydrogen) atoms. The highest BCUT2D eigenvalue weighted by molar-refractivity contribution is 5.89. The summed E-state index contributed by atoms with van der Waals surface area (Å²) in [4.78, 5) is 25.5. The summed E-state index contributed by atoms with van der Waals surface area (Å²) in [5.74, 6) is 1.08. The average Bonchev–Trinajstić information content (AvgIpc) is 2.75. The van der Waals surface area contributed by atoms with Crippen molar-refractivity contribution in [2.45, 2.75) is 6.92 Å². The molecular formula is C20H23N7O2. The van der Waals surface area contributed by atoms with Gasteiger partial charge in [-0.3, -0.25) is 10.3 Å². The van der Waals surface area contributed by atoms with Crippen LogP contribution < -0.4 is 15.6 Å². The molecule has 1 aliphatic rings. The lowest BCUT2D eigenvalue weighted by Gasteiger charge is -2.37. The van der Waals surface area contributed by atoms with Crippen LogP contribution in [0.15, 0.2) is 48.7 Å². The first-order valence-corrected chi connectivity index (χ1v) is 9.61. The zero-order chi connectivity index (χ0) is 20.1. The summed E-state index contributed by atoms with van der Waals surface area (Å²) >= 11 is 0. The molecule has 2 amide bonds. The highest BCUT2D eigenvalue weighted by atomic mass is 16.5. The number of nitrogens with one attached hydrogen (secondary N) is 2. The molecule has 4 rings (SSSR count). The second-order valence-electron chi connectivity index (χ2n) is 6.47. The van der Waals surface area contributed by atoms with Crippen molar-refractivity contribution < 1.29 is 9.53 Å².